The number of aldehydes is 1. The average Bonchev–Trinajstić information content (AvgIpc) is 2.00. The van der Waals surface area contributed by atoms with Gasteiger partial charge in [-0.05, 0) is 6.92 Å². The maximum atomic E-state index is 9.87. The molecule has 0 bridgehead atoms. The van der Waals surface area contributed by atoms with E-state index in [1.54, 1.807) is 0 Å². The number of aliphatic hydroxyl groups is 4. The van der Waals surface area contributed by atoms with Crippen molar-refractivity contribution in [1.29, 1.82) is 0 Å². The van der Waals surface area contributed by atoms with E-state index >= 15 is 0 Å². The zero-order valence-electron chi connectivity index (χ0n) is 6.08. The molecule has 0 saturated carbocycles. The van der Waals surface area contributed by atoms with Crippen molar-refractivity contribution in [1.82, 2.24) is 0 Å². The molecule has 0 aromatic rings. The molecule has 4 N–H and O–H groups in total. The Hall–Kier alpha value is -0.490. The van der Waals surface area contributed by atoms with Gasteiger partial charge >= 0.3 is 0 Å². The average molecular weight is 165 g/mol. The van der Waals surface area contributed by atoms with Crippen LogP contribution in [0.2, 0.25) is 0 Å². The fraction of sp³-hybridized carbons (Fsp3) is 0.833. The Morgan fingerprint density at radius 3 is 1.82 bits per heavy atom. The molecule has 11 heavy (non-hydrogen) atoms. The minimum absolute atomic E-state index is 0.0935. The Balaban J connectivity index is 4.00. The molecule has 5 nitrogen and oxygen atoms in total. The monoisotopic (exact) mass is 165 g/mol. The summed E-state index contributed by atoms with van der Waals surface area (Å²) in [4.78, 5) is 9.87. The van der Waals surface area contributed by atoms with Gasteiger partial charge in [0.05, 0.1) is 6.10 Å². The van der Waals surface area contributed by atoms with Crippen molar-refractivity contribution in [2.45, 2.75) is 31.3 Å². The number of hydrogen-bond donors (Lipinski definition) is 4. The van der Waals surface area contributed by atoms with E-state index in [0.717, 1.165) is 0 Å². The third-order valence-corrected chi connectivity index (χ3v) is 1.33. The molecule has 0 spiro atoms. The lowest BCUT2D eigenvalue weighted by Crippen LogP contribution is -2.43. The van der Waals surface area contributed by atoms with Gasteiger partial charge in [0.2, 0.25) is 0 Å². The van der Waals surface area contributed by atoms with Gasteiger partial charge in [-0.2, -0.15) is 0 Å². The van der Waals surface area contributed by atoms with Gasteiger partial charge in [-0.3, -0.25) is 0 Å². The summed E-state index contributed by atoms with van der Waals surface area (Å²) in [6.45, 7) is 1.24. The van der Waals surface area contributed by atoms with Crippen LogP contribution in [-0.4, -0.2) is 51.1 Å². The Morgan fingerprint density at radius 1 is 1.09 bits per heavy atom. The molecular formula is C6H12O5. The molecule has 0 fully saturated rings. The first kappa shape index (κ1) is 10.5. The maximum absolute atomic E-state index is 9.87. The summed E-state index contributed by atoms with van der Waals surface area (Å²) in [5.74, 6) is 0. The first-order valence-corrected chi connectivity index (χ1v) is 3.18. The highest BCUT2D eigenvalue weighted by atomic mass is 16.4. The fourth-order valence-corrected chi connectivity index (χ4v) is 0.568. The van der Waals surface area contributed by atoms with Crippen molar-refractivity contribution < 1.29 is 25.2 Å². The maximum Gasteiger partial charge on any atom is 0.151 e. The van der Waals surface area contributed by atoms with Crippen molar-refractivity contribution in [3.8, 4) is 0 Å². The van der Waals surface area contributed by atoms with Crippen molar-refractivity contribution in [2.75, 3.05) is 0 Å². The molecule has 66 valence electrons. The van der Waals surface area contributed by atoms with E-state index in [2.05, 4.69) is 0 Å². The van der Waals surface area contributed by atoms with Gasteiger partial charge < -0.3 is 25.2 Å². The molecule has 0 unspecified atom stereocenters. The van der Waals surface area contributed by atoms with Crippen LogP contribution in [0.25, 0.3) is 0 Å². The topological polar surface area (TPSA) is 98.0 Å². The van der Waals surface area contributed by atoms with Crippen molar-refractivity contribution in [2.24, 2.45) is 0 Å². The quantitative estimate of drug-likeness (QED) is 0.276. The summed E-state index contributed by atoms with van der Waals surface area (Å²) in [6, 6.07) is 0. The highest BCUT2D eigenvalue weighted by Crippen LogP contribution is 2.02. The SMILES string of the molecule is C[C@H](O)[C@@H](O)[13C@@H](O)[C@H](O)C=O. The molecule has 0 saturated heterocycles. The Kier molecular flexibility index (Phi) is 4.20. The number of rotatable bonds is 4. The van der Waals surface area contributed by atoms with E-state index in [0.29, 0.717) is 0 Å². The smallest absolute Gasteiger partial charge is 0.151 e. The first-order valence-electron chi connectivity index (χ1n) is 3.18. The van der Waals surface area contributed by atoms with E-state index in [9.17, 15) is 4.79 Å². The highest BCUT2D eigenvalue weighted by Gasteiger charge is 2.27. The third kappa shape index (κ3) is 2.94. The normalized spacial score (nSPS) is 21.9. The zero-order valence-corrected chi connectivity index (χ0v) is 6.08. The van der Waals surface area contributed by atoms with E-state index in [1.165, 1.54) is 6.92 Å². The van der Waals surface area contributed by atoms with Crippen molar-refractivity contribution in [3.63, 3.8) is 0 Å². The van der Waals surface area contributed by atoms with Gasteiger partial charge in [-0.25, -0.2) is 0 Å². The van der Waals surface area contributed by atoms with Crippen LogP contribution >= 0.6 is 0 Å². The zero-order chi connectivity index (χ0) is 9.02. The molecular weight excluding hydrogens is 153 g/mol. The Labute approximate surface area is 63.9 Å². The number of aliphatic hydroxyl groups excluding tert-OH is 4. The molecule has 0 aliphatic heterocycles. The van der Waals surface area contributed by atoms with E-state index < -0.39 is 24.4 Å². The van der Waals surface area contributed by atoms with Gasteiger partial charge in [-0.1, -0.05) is 0 Å². The molecule has 0 amide bonds. The predicted octanol–water partition coefficient (Wildman–Crippen LogP) is -2.35. The molecule has 0 aliphatic rings. The molecule has 0 radical (unpaired) electrons. The fourth-order valence-electron chi connectivity index (χ4n) is 0.568. The highest BCUT2D eigenvalue weighted by molar-refractivity contribution is 5.56. The molecule has 0 aromatic carbocycles. The molecule has 0 rings (SSSR count). The van der Waals surface area contributed by atoms with Crippen LogP contribution in [0.4, 0.5) is 0 Å². The van der Waals surface area contributed by atoms with E-state index in [-0.39, 0.29) is 6.29 Å². The first-order chi connectivity index (χ1) is 5.00. The Morgan fingerprint density at radius 2 is 1.55 bits per heavy atom. The second-order valence-electron chi connectivity index (χ2n) is 2.35. The molecule has 0 aromatic heterocycles. The summed E-state index contributed by atoms with van der Waals surface area (Å²) < 4.78 is 0. The van der Waals surface area contributed by atoms with Gasteiger partial charge in [0.1, 0.15) is 18.3 Å². The van der Waals surface area contributed by atoms with Crippen LogP contribution < -0.4 is 0 Å². The van der Waals surface area contributed by atoms with Crippen LogP contribution in [0.3, 0.4) is 0 Å². The Bertz CT molecular complexity index is 124. The number of carbonyl (C=O) groups excluding carboxylic acids is 1. The summed E-state index contributed by atoms with van der Waals surface area (Å²) in [6.07, 6.45) is -5.88. The van der Waals surface area contributed by atoms with Crippen LogP contribution in [0, 0.1) is 0 Å². The lowest BCUT2D eigenvalue weighted by molar-refractivity contribution is -0.132. The lowest BCUT2D eigenvalue weighted by Gasteiger charge is -2.21. The van der Waals surface area contributed by atoms with Gasteiger partial charge in [0.25, 0.3) is 0 Å². The van der Waals surface area contributed by atoms with Crippen LogP contribution in [0.1, 0.15) is 6.92 Å². The van der Waals surface area contributed by atoms with Crippen molar-refractivity contribution >= 4 is 6.29 Å². The van der Waals surface area contributed by atoms with Gasteiger partial charge in [0.15, 0.2) is 6.29 Å². The number of carbonyl (C=O) groups is 1. The van der Waals surface area contributed by atoms with Gasteiger partial charge in [-0.15, -0.1) is 0 Å². The summed E-state index contributed by atoms with van der Waals surface area (Å²) >= 11 is 0. The second kappa shape index (κ2) is 4.40. The number of hydrogen-bond acceptors (Lipinski definition) is 5. The standard InChI is InChI=1S/C6H12O5/c1-3(8)5(10)6(11)4(9)2-7/h2-6,8-11H,1H3/t3-,4+,5+,6-/m0/s1/i6+1. The predicted molar refractivity (Wildman–Crippen MR) is 35.8 cm³/mol. The van der Waals surface area contributed by atoms with Crippen LogP contribution in [0.15, 0.2) is 0 Å². The summed E-state index contributed by atoms with van der Waals surface area (Å²) in [7, 11) is 0. The van der Waals surface area contributed by atoms with E-state index in [4.69, 9.17) is 20.4 Å². The molecule has 0 aliphatic carbocycles. The minimum atomic E-state index is -1.65. The van der Waals surface area contributed by atoms with Crippen LogP contribution in [0.5, 0.6) is 0 Å². The third-order valence-electron chi connectivity index (χ3n) is 1.33. The van der Waals surface area contributed by atoms with Crippen LogP contribution in [-0.2, 0) is 4.79 Å². The second-order valence-corrected chi connectivity index (χ2v) is 2.35. The molecule has 5 heteroatoms. The molecule has 4 atom stereocenters. The minimum Gasteiger partial charge on any atom is -0.391 e. The molecule has 0 heterocycles. The van der Waals surface area contributed by atoms with E-state index in [1.807, 2.05) is 0 Å². The largest absolute Gasteiger partial charge is 0.391 e. The summed E-state index contributed by atoms with van der Waals surface area (Å²) in [5, 5.41) is 35.1. The van der Waals surface area contributed by atoms with Gasteiger partial charge in [0, 0.05) is 0 Å². The van der Waals surface area contributed by atoms with Crippen molar-refractivity contribution in [3.05, 3.63) is 0 Å². The lowest BCUT2D eigenvalue weighted by atomic mass is 10.2. The summed E-state index contributed by atoms with van der Waals surface area (Å²) in [5.41, 5.74) is 0.